The number of hydrogen-bond acceptors (Lipinski definition) is 2. The van der Waals surface area contributed by atoms with Gasteiger partial charge in [0.1, 0.15) is 0 Å². The zero-order valence-electron chi connectivity index (χ0n) is 21.8. The number of rotatable bonds is 10. The normalized spacial score (nSPS) is 21.8. The molecule has 2 aromatic rings. The summed E-state index contributed by atoms with van der Waals surface area (Å²) in [4.78, 5) is 0. The molecule has 3 rings (SSSR count). The quantitative estimate of drug-likeness (QED) is 0.329. The molecule has 33 heavy (non-hydrogen) atoms. The molecule has 2 atom stereocenters. The van der Waals surface area contributed by atoms with Gasteiger partial charge in [-0.3, -0.25) is 0 Å². The van der Waals surface area contributed by atoms with Crippen LogP contribution in [0.25, 0.3) is 0 Å². The SMILES string of the molecule is C/C(=C\CC(C)(C)C[C@H]1C[C@]1(C)CO)CO[Si](c1ccccc1)(c1ccccc1)C(C)(C)C. The van der Waals surface area contributed by atoms with Crippen molar-refractivity contribution in [3.63, 3.8) is 0 Å². The summed E-state index contributed by atoms with van der Waals surface area (Å²) in [5.74, 6) is 0.652. The van der Waals surface area contributed by atoms with Crippen LogP contribution in [0.5, 0.6) is 0 Å². The summed E-state index contributed by atoms with van der Waals surface area (Å²) in [7, 11) is -2.50. The van der Waals surface area contributed by atoms with Gasteiger partial charge in [0, 0.05) is 6.61 Å². The summed E-state index contributed by atoms with van der Waals surface area (Å²) in [6, 6.07) is 21.7. The largest absolute Gasteiger partial charge is 0.403 e. The van der Waals surface area contributed by atoms with Crippen molar-refractivity contribution in [3.8, 4) is 0 Å². The van der Waals surface area contributed by atoms with E-state index in [9.17, 15) is 5.11 Å². The van der Waals surface area contributed by atoms with Gasteiger partial charge in [-0.1, -0.05) is 114 Å². The molecule has 0 radical (unpaired) electrons. The zero-order valence-corrected chi connectivity index (χ0v) is 22.8. The predicted octanol–water partition coefficient (Wildman–Crippen LogP) is 6.33. The first-order valence-corrected chi connectivity index (χ1v) is 14.4. The highest BCUT2D eigenvalue weighted by atomic mass is 28.4. The van der Waals surface area contributed by atoms with Gasteiger partial charge in [0.05, 0.1) is 6.61 Å². The molecular formula is C30H44O2Si. The molecule has 0 heterocycles. The van der Waals surface area contributed by atoms with Crippen molar-refractivity contribution in [2.45, 2.75) is 72.8 Å². The molecule has 1 N–H and O–H groups in total. The Balaban J connectivity index is 1.80. The van der Waals surface area contributed by atoms with Gasteiger partial charge in [-0.15, -0.1) is 0 Å². The molecule has 0 unspecified atom stereocenters. The second-order valence-corrected chi connectivity index (χ2v) is 16.6. The van der Waals surface area contributed by atoms with Crippen molar-refractivity contribution in [1.29, 1.82) is 0 Å². The molecule has 180 valence electrons. The fourth-order valence-corrected chi connectivity index (χ4v) is 9.86. The minimum Gasteiger partial charge on any atom is -0.403 e. The first-order chi connectivity index (χ1) is 15.4. The third kappa shape index (κ3) is 5.88. The number of aliphatic hydroxyl groups is 1. The van der Waals surface area contributed by atoms with Crippen LogP contribution >= 0.6 is 0 Å². The van der Waals surface area contributed by atoms with Gasteiger partial charge in [-0.2, -0.15) is 0 Å². The Bertz CT molecular complexity index is 887. The van der Waals surface area contributed by atoms with E-state index in [0.29, 0.717) is 19.1 Å². The zero-order chi connectivity index (χ0) is 24.3. The number of allylic oxidation sites excluding steroid dienone is 1. The molecule has 2 nitrogen and oxygen atoms in total. The molecule has 0 aliphatic heterocycles. The maximum Gasteiger partial charge on any atom is 0.261 e. The molecule has 0 saturated heterocycles. The first kappa shape index (κ1) is 25.9. The summed E-state index contributed by atoms with van der Waals surface area (Å²) < 4.78 is 7.07. The summed E-state index contributed by atoms with van der Waals surface area (Å²) in [5, 5.41) is 12.3. The highest BCUT2D eigenvalue weighted by molar-refractivity contribution is 6.99. The van der Waals surface area contributed by atoms with Gasteiger partial charge < -0.3 is 9.53 Å². The van der Waals surface area contributed by atoms with Crippen LogP contribution < -0.4 is 10.4 Å². The third-order valence-electron chi connectivity index (χ3n) is 7.63. The molecule has 0 spiro atoms. The average molecular weight is 465 g/mol. The molecule has 2 aromatic carbocycles. The van der Waals surface area contributed by atoms with E-state index in [1.807, 2.05) is 0 Å². The lowest BCUT2D eigenvalue weighted by molar-refractivity contribution is 0.195. The molecular weight excluding hydrogens is 420 g/mol. The Morgan fingerprint density at radius 2 is 1.52 bits per heavy atom. The summed E-state index contributed by atoms with van der Waals surface area (Å²) in [5.41, 5.74) is 1.69. The molecule has 1 aliphatic rings. The van der Waals surface area contributed by atoms with E-state index in [1.54, 1.807) is 0 Å². The molecule has 0 amide bonds. The van der Waals surface area contributed by atoms with E-state index >= 15 is 0 Å². The standard InChI is InChI=1S/C30H44O2Si/c1-24(18-19-29(5,6)20-25-21-30(25,7)23-31)22-32-33(28(2,3)4,26-14-10-8-11-15-26)27-16-12-9-13-17-27/h8-18,25,31H,19-23H2,1-7H3/b24-18+/t25-,30+/m0/s1. The van der Waals surface area contributed by atoms with E-state index in [2.05, 4.69) is 115 Å². The van der Waals surface area contributed by atoms with Crippen LogP contribution in [-0.4, -0.2) is 26.6 Å². The molecule has 1 aliphatic carbocycles. The topological polar surface area (TPSA) is 29.5 Å². The fraction of sp³-hybridized carbons (Fsp3) is 0.533. The molecule has 1 fully saturated rings. The summed E-state index contributed by atoms with van der Waals surface area (Å²) >= 11 is 0. The molecule has 0 bridgehead atoms. The number of aliphatic hydroxyl groups excluding tert-OH is 1. The Kier molecular flexibility index (Phi) is 7.78. The minimum absolute atomic E-state index is 0.00399. The lowest BCUT2D eigenvalue weighted by Gasteiger charge is -2.43. The van der Waals surface area contributed by atoms with Gasteiger partial charge in [0.25, 0.3) is 8.32 Å². The second-order valence-electron chi connectivity index (χ2n) is 12.3. The Morgan fingerprint density at radius 1 is 1.00 bits per heavy atom. The summed E-state index contributed by atoms with van der Waals surface area (Å²) in [6.45, 7) is 17.1. The van der Waals surface area contributed by atoms with Crippen LogP contribution in [0.4, 0.5) is 0 Å². The average Bonchev–Trinajstić information content (AvgIpc) is 3.42. The summed E-state index contributed by atoms with van der Waals surface area (Å²) in [6.07, 6.45) is 5.76. The first-order valence-electron chi connectivity index (χ1n) is 12.5. The Morgan fingerprint density at radius 3 is 1.94 bits per heavy atom. The maximum absolute atomic E-state index is 9.63. The van der Waals surface area contributed by atoms with Crippen LogP contribution in [-0.2, 0) is 4.43 Å². The lowest BCUT2D eigenvalue weighted by Crippen LogP contribution is -2.66. The van der Waals surface area contributed by atoms with Crippen molar-refractivity contribution in [2.24, 2.45) is 16.7 Å². The second kappa shape index (κ2) is 9.89. The Hall–Kier alpha value is -1.68. The number of hydrogen-bond donors (Lipinski definition) is 1. The van der Waals surface area contributed by atoms with Crippen molar-refractivity contribution in [3.05, 3.63) is 72.3 Å². The van der Waals surface area contributed by atoms with E-state index in [-0.39, 0.29) is 15.9 Å². The highest BCUT2D eigenvalue weighted by Gasteiger charge is 2.51. The van der Waals surface area contributed by atoms with Gasteiger partial charge in [-0.05, 0) is 58.3 Å². The Labute approximate surface area is 203 Å². The number of benzene rings is 2. The maximum atomic E-state index is 9.63. The van der Waals surface area contributed by atoms with E-state index in [0.717, 1.165) is 12.8 Å². The van der Waals surface area contributed by atoms with E-state index in [4.69, 9.17) is 4.43 Å². The van der Waals surface area contributed by atoms with E-state index in [1.165, 1.54) is 22.4 Å². The fourth-order valence-electron chi connectivity index (χ4n) is 5.26. The highest BCUT2D eigenvalue weighted by Crippen LogP contribution is 2.57. The minimum atomic E-state index is -2.50. The van der Waals surface area contributed by atoms with Crippen LogP contribution in [0.2, 0.25) is 5.04 Å². The molecule has 0 aromatic heterocycles. The van der Waals surface area contributed by atoms with Crippen molar-refractivity contribution in [1.82, 2.24) is 0 Å². The van der Waals surface area contributed by atoms with Gasteiger partial charge in [-0.25, -0.2) is 0 Å². The third-order valence-corrected chi connectivity index (χ3v) is 12.6. The van der Waals surface area contributed by atoms with E-state index < -0.39 is 8.32 Å². The van der Waals surface area contributed by atoms with Gasteiger partial charge in [0.15, 0.2) is 0 Å². The van der Waals surface area contributed by atoms with Crippen LogP contribution in [0.3, 0.4) is 0 Å². The lowest BCUT2D eigenvalue weighted by atomic mass is 9.81. The predicted molar refractivity (Wildman–Crippen MR) is 144 cm³/mol. The van der Waals surface area contributed by atoms with Crippen molar-refractivity contribution in [2.75, 3.05) is 13.2 Å². The smallest absolute Gasteiger partial charge is 0.261 e. The van der Waals surface area contributed by atoms with Crippen LogP contribution in [0, 0.1) is 16.7 Å². The van der Waals surface area contributed by atoms with Crippen molar-refractivity contribution < 1.29 is 9.53 Å². The van der Waals surface area contributed by atoms with Gasteiger partial charge in [0.2, 0.25) is 0 Å². The van der Waals surface area contributed by atoms with Crippen LogP contribution in [0.1, 0.15) is 67.7 Å². The molecule has 1 saturated carbocycles. The monoisotopic (exact) mass is 464 g/mol. The molecule has 3 heteroatoms. The van der Waals surface area contributed by atoms with Crippen LogP contribution in [0.15, 0.2) is 72.3 Å². The van der Waals surface area contributed by atoms with Gasteiger partial charge >= 0.3 is 0 Å². The van der Waals surface area contributed by atoms with Crippen molar-refractivity contribution >= 4 is 18.7 Å².